The van der Waals surface area contributed by atoms with Gasteiger partial charge in [0.15, 0.2) is 0 Å². The number of nitrogens with zero attached hydrogens (tertiary/aromatic N) is 2. The first-order valence-corrected chi connectivity index (χ1v) is 6.78. The lowest BCUT2D eigenvalue weighted by molar-refractivity contribution is 0.517. The van der Waals surface area contributed by atoms with Crippen LogP contribution in [0.5, 0.6) is 0 Å². The normalized spacial score (nSPS) is 11.3. The molecular weight excluding hydrogens is 270 g/mol. The zero-order valence-corrected chi connectivity index (χ0v) is 12.7. The van der Waals surface area contributed by atoms with Crippen molar-refractivity contribution in [2.75, 3.05) is 5.73 Å². The molecule has 0 radical (unpaired) electrons. The average molecular weight is 288 g/mol. The summed E-state index contributed by atoms with van der Waals surface area (Å²) in [4.78, 5) is 4.69. The van der Waals surface area contributed by atoms with Crippen LogP contribution in [0.2, 0.25) is 5.02 Å². The van der Waals surface area contributed by atoms with E-state index in [1.807, 2.05) is 28.8 Å². The summed E-state index contributed by atoms with van der Waals surface area (Å²) < 4.78 is 1.89. The van der Waals surface area contributed by atoms with Crippen LogP contribution in [0.4, 0.5) is 5.82 Å². The number of hydrogen-bond acceptors (Lipinski definition) is 2. The summed E-state index contributed by atoms with van der Waals surface area (Å²) in [7, 11) is 0. The van der Waals surface area contributed by atoms with Gasteiger partial charge in [0.25, 0.3) is 0 Å². The van der Waals surface area contributed by atoms with E-state index in [2.05, 4.69) is 26.7 Å². The van der Waals surface area contributed by atoms with Gasteiger partial charge in [-0.2, -0.15) is 0 Å². The van der Waals surface area contributed by atoms with Crippen molar-refractivity contribution in [1.29, 1.82) is 0 Å². The van der Waals surface area contributed by atoms with Gasteiger partial charge in [0.1, 0.15) is 17.3 Å². The van der Waals surface area contributed by atoms with E-state index in [4.69, 9.17) is 28.7 Å². The van der Waals surface area contributed by atoms with Crippen LogP contribution >= 0.6 is 11.6 Å². The molecule has 0 aliphatic carbocycles. The molecule has 0 atom stereocenters. The minimum atomic E-state index is -0.137. The van der Waals surface area contributed by atoms with E-state index in [1.165, 1.54) is 0 Å². The lowest BCUT2D eigenvalue weighted by Gasteiger charge is -2.18. The fourth-order valence-electron chi connectivity index (χ4n) is 2.14. The minimum absolute atomic E-state index is 0.137. The Hall–Kier alpha value is -1.92. The smallest absolute Gasteiger partial charge is 0.132 e. The van der Waals surface area contributed by atoms with E-state index in [9.17, 15) is 0 Å². The molecule has 0 aliphatic heterocycles. The molecule has 0 saturated carbocycles. The van der Waals surface area contributed by atoms with Crippen molar-refractivity contribution < 1.29 is 0 Å². The Labute approximate surface area is 124 Å². The van der Waals surface area contributed by atoms with Crippen LogP contribution < -0.4 is 5.73 Å². The van der Waals surface area contributed by atoms with Crippen LogP contribution in [0.3, 0.4) is 0 Å². The van der Waals surface area contributed by atoms with Crippen LogP contribution in [-0.2, 0) is 12.0 Å². The summed E-state index contributed by atoms with van der Waals surface area (Å²) in [5.74, 6) is 4.09. The number of rotatable bonds is 2. The third-order valence-corrected chi connectivity index (χ3v) is 3.26. The van der Waals surface area contributed by atoms with Crippen LogP contribution in [0.15, 0.2) is 24.3 Å². The molecule has 0 spiro atoms. The molecule has 3 nitrogen and oxygen atoms in total. The monoisotopic (exact) mass is 287 g/mol. The fourth-order valence-corrected chi connectivity index (χ4v) is 2.33. The second kappa shape index (κ2) is 5.22. The van der Waals surface area contributed by atoms with Gasteiger partial charge in [-0.3, -0.25) is 0 Å². The molecule has 0 amide bonds. The second-order valence-corrected chi connectivity index (χ2v) is 6.16. The number of halogens is 1. The molecule has 2 N–H and O–H groups in total. The first-order chi connectivity index (χ1) is 9.34. The molecule has 0 unspecified atom stereocenters. The van der Waals surface area contributed by atoms with E-state index >= 15 is 0 Å². The molecule has 0 saturated heterocycles. The van der Waals surface area contributed by atoms with Crippen molar-refractivity contribution in [3.05, 3.63) is 35.1 Å². The van der Waals surface area contributed by atoms with Crippen molar-refractivity contribution >= 4 is 17.4 Å². The summed E-state index contributed by atoms with van der Waals surface area (Å²) in [5, 5.41) is 0.658. The van der Waals surface area contributed by atoms with Crippen LogP contribution in [0.25, 0.3) is 11.3 Å². The van der Waals surface area contributed by atoms with E-state index < -0.39 is 0 Å². The fraction of sp³-hybridized carbons (Fsp3) is 0.312. The molecule has 4 heteroatoms. The van der Waals surface area contributed by atoms with Gasteiger partial charge in [-0.25, -0.2) is 4.98 Å². The number of nitrogens with two attached hydrogens (primary N) is 1. The molecular formula is C16H18ClN3. The topological polar surface area (TPSA) is 43.8 Å². The molecule has 1 heterocycles. The van der Waals surface area contributed by atoms with Gasteiger partial charge in [-0.1, -0.05) is 50.4 Å². The quantitative estimate of drug-likeness (QED) is 0.856. The largest absolute Gasteiger partial charge is 0.383 e. The summed E-state index contributed by atoms with van der Waals surface area (Å²) in [6, 6.07) is 7.50. The second-order valence-electron chi connectivity index (χ2n) is 5.72. The molecule has 2 aromatic rings. The van der Waals surface area contributed by atoms with Crippen LogP contribution in [0.1, 0.15) is 26.6 Å². The predicted octanol–water partition coefficient (Wildman–Crippen LogP) is 3.72. The zero-order valence-electron chi connectivity index (χ0n) is 11.9. The van der Waals surface area contributed by atoms with Crippen molar-refractivity contribution in [3.63, 3.8) is 0 Å². The molecule has 2 rings (SSSR count). The number of anilines is 1. The molecule has 1 aromatic carbocycles. The lowest BCUT2D eigenvalue weighted by Crippen LogP contribution is -2.19. The lowest BCUT2D eigenvalue weighted by atomic mass is 9.95. The summed E-state index contributed by atoms with van der Waals surface area (Å²) in [6.07, 6.45) is 5.44. The van der Waals surface area contributed by atoms with Crippen molar-refractivity contribution in [3.8, 4) is 23.6 Å². The maximum Gasteiger partial charge on any atom is 0.132 e. The standard InChI is InChI=1S/C16H18ClN3/c1-5-9-20-14(18)13(19-15(20)16(2,3)4)11-7-6-8-12(17)10-11/h1,6-8,10H,9,18H2,2-4H3. The Kier molecular flexibility index (Phi) is 3.78. The van der Waals surface area contributed by atoms with Crippen LogP contribution in [0, 0.1) is 12.3 Å². The first-order valence-electron chi connectivity index (χ1n) is 6.40. The highest BCUT2D eigenvalue weighted by Crippen LogP contribution is 2.32. The molecule has 1 aromatic heterocycles. The third kappa shape index (κ3) is 2.66. The minimum Gasteiger partial charge on any atom is -0.383 e. The molecule has 104 valence electrons. The number of imidazole rings is 1. The molecule has 0 bridgehead atoms. The highest BCUT2D eigenvalue weighted by molar-refractivity contribution is 6.30. The number of hydrogen-bond donors (Lipinski definition) is 1. The number of nitrogen functional groups attached to an aromatic ring is 1. The van der Waals surface area contributed by atoms with Crippen molar-refractivity contribution in [1.82, 2.24) is 9.55 Å². The summed E-state index contributed by atoms with van der Waals surface area (Å²) in [6.45, 7) is 6.67. The number of benzene rings is 1. The summed E-state index contributed by atoms with van der Waals surface area (Å²) >= 11 is 6.04. The van der Waals surface area contributed by atoms with Gasteiger partial charge in [0, 0.05) is 16.0 Å². The van der Waals surface area contributed by atoms with E-state index in [0.717, 1.165) is 17.1 Å². The molecule has 0 fully saturated rings. The van der Waals surface area contributed by atoms with Gasteiger partial charge in [0.05, 0.1) is 6.54 Å². The van der Waals surface area contributed by atoms with Gasteiger partial charge in [-0.05, 0) is 12.1 Å². The maximum atomic E-state index is 6.23. The Bertz CT molecular complexity index is 672. The third-order valence-electron chi connectivity index (χ3n) is 3.03. The first kappa shape index (κ1) is 14.5. The van der Waals surface area contributed by atoms with Gasteiger partial charge in [0.2, 0.25) is 0 Å². The maximum absolute atomic E-state index is 6.23. The predicted molar refractivity (Wildman–Crippen MR) is 84.6 cm³/mol. The van der Waals surface area contributed by atoms with Crippen molar-refractivity contribution in [2.24, 2.45) is 0 Å². The Morgan fingerprint density at radius 3 is 2.65 bits per heavy atom. The highest BCUT2D eigenvalue weighted by atomic mass is 35.5. The van der Waals surface area contributed by atoms with Crippen LogP contribution in [-0.4, -0.2) is 9.55 Å². The van der Waals surface area contributed by atoms with Gasteiger partial charge < -0.3 is 10.3 Å². The summed E-state index contributed by atoms with van der Waals surface area (Å²) in [5.41, 5.74) is 7.72. The number of aromatic nitrogens is 2. The van der Waals surface area contributed by atoms with E-state index in [-0.39, 0.29) is 5.41 Å². The van der Waals surface area contributed by atoms with E-state index in [0.29, 0.717) is 17.4 Å². The SMILES string of the molecule is C#CCn1c(C(C)(C)C)nc(-c2cccc(Cl)c2)c1N. The molecule has 0 aliphatic rings. The Morgan fingerprint density at radius 1 is 1.40 bits per heavy atom. The Balaban J connectivity index is 2.65. The average Bonchev–Trinajstić information content (AvgIpc) is 2.68. The van der Waals surface area contributed by atoms with Crippen molar-refractivity contribution in [2.45, 2.75) is 32.7 Å². The van der Waals surface area contributed by atoms with Gasteiger partial charge in [-0.15, -0.1) is 6.42 Å². The van der Waals surface area contributed by atoms with Gasteiger partial charge >= 0.3 is 0 Å². The number of terminal acetylenes is 1. The highest BCUT2D eigenvalue weighted by Gasteiger charge is 2.25. The Morgan fingerprint density at radius 2 is 2.10 bits per heavy atom. The zero-order chi connectivity index (χ0) is 14.9. The molecule has 20 heavy (non-hydrogen) atoms. The van der Waals surface area contributed by atoms with E-state index in [1.54, 1.807) is 0 Å².